The SMILES string of the molecule is CC1(c2nn[nH]n2)CO1. The summed E-state index contributed by atoms with van der Waals surface area (Å²) in [7, 11) is 0. The van der Waals surface area contributed by atoms with Crippen LogP contribution in [0.4, 0.5) is 0 Å². The number of epoxide rings is 1. The minimum Gasteiger partial charge on any atom is -0.361 e. The van der Waals surface area contributed by atoms with Crippen LogP contribution in [-0.2, 0) is 10.3 Å². The van der Waals surface area contributed by atoms with E-state index in [2.05, 4.69) is 20.6 Å². The largest absolute Gasteiger partial charge is 0.361 e. The summed E-state index contributed by atoms with van der Waals surface area (Å²) >= 11 is 0. The van der Waals surface area contributed by atoms with Crippen LogP contribution >= 0.6 is 0 Å². The highest BCUT2D eigenvalue weighted by Crippen LogP contribution is 2.34. The first-order valence-corrected chi connectivity index (χ1v) is 2.69. The van der Waals surface area contributed by atoms with Gasteiger partial charge < -0.3 is 4.74 Å². The van der Waals surface area contributed by atoms with Gasteiger partial charge in [0.2, 0.25) is 5.82 Å². The monoisotopic (exact) mass is 126 g/mol. The number of nitrogens with zero attached hydrogens (tertiary/aromatic N) is 3. The van der Waals surface area contributed by atoms with Crippen LogP contribution in [0.15, 0.2) is 0 Å². The van der Waals surface area contributed by atoms with Gasteiger partial charge in [-0.2, -0.15) is 5.21 Å². The molecule has 2 rings (SSSR count). The van der Waals surface area contributed by atoms with Gasteiger partial charge in [0.1, 0.15) is 0 Å². The van der Waals surface area contributed by atoms with Crippen molar-refractivity contribution in [1.82, 2.24) is 20.6 Å². The molecule has 0 aromatic carbocycles. The van der Waals surface area contributed by atoms with Crippen molar-refractivity contribution in [3.05, 3.63) is 5.82 Å². The Labute approximate surface area is 51.4 Å². The fourth-order valence-electron chi connectivity index (χ4n) is 0.623. The number of aromatic nitrogens is 4. The Kier molecular flexibility index (Phi) is 0.702. The number of tetrazole rings is 1. The van der Waals surface area contributed by atoms with E-state index in [4.69, 9.17) is 4.74 Å². The number of aromatic amines is 1. The molecule has 0 saturated carbocycles. The van der Waals surface area contributed by atoms with Crippen LogP contribution in [0.1, 0.15) is 12.7 Å². The van der Waals surface area contributed by atoms with Crippen molar-refractivity contribution in [2.75, 3.05) is 6.61 Å². The first kappa shape index (κ1) is 4.87. The summed E-state index contributed by atoms with van der Waals surface area (Å²) in [6, 6.07) is 0. The summed E-state index contributed by atoms with van der Waals surface area (Å²) in [4.78, 5) is 0. The van der Waals surface area contributed by atoms with Crippen LogP contribution in [0.5, 0.6) is 0 Å². The molecule has 1 N–H and O–H groups in total. The van der Waals surface area contributed by atoms with Crippen molar-refractivity contribution in [2.24, 2.45) is 0 Å². The minimum absolute atomic E-state index is 0.243. The quantitative estimate of drug-likeness (QED) is 0.512. The Morgan fingerprint density at radius 3 is 3.00 bits per heavy atom. The summed E-state index contributed by atoms with van der Waals surface area (Å²) in [5.74, 6) is 0.641. The van der Waals surface area contributed by atoms with Crippen LogP contribution in [0.3, 0.4) is 0 Å². The summed E-state index contributed by atoms with van der Waals surface area (Å²) in [6.45, 7) is 2.63. The van der Waals surface area contributed by atoms with E-state index in [0.717, 1.165) is 0 Å². The molecule has 0 spiro atoms. The second-order valence-corrected chi connectivity index (χ2v) is 2.25. The molecule has 1 unspecified atom stereocenters. The zero-order valence-corrected chi connectivity index (χ0v) is 4.96. The van der Waals surface area contributed by atoms with E-state index >= 15 is 0 Å². The van der Waals surface area contributed by atoms with E-state index in [0.29, 0.717) is 12.4 Å². The summed E-state index contributed by atoms with van der Waals surface area (Å²) < 4.78 is 5.06. The van der Waals surface area contributed by atoms with Gasteiger partial charge >= 0.3 is 0 Å². The molecule has 0 radical (unpaired) electrons. The Balaban J connectivity index is 2.34. The molecule has 48 valence electrons. The smallest absolute Gasteiger partial charge is 0.208 e. The second kappa shape index (κ2) is 1.30. The minimum atomic E-state index is -0.243. The molecule has 9 heavy (non-hydrogen) atoms. The molecule has 0 bridgehead atoms. The third kappa shape index (κ3) is 0.613. The van der Waals surface area contributed by atoms with E-state index in [1.54, 1.807) is 0 Å². The average molecular weight is 126 g/mol. The molecule has 0 amide bonds. The number of H-pyrrole nitrogens is 1. The van der Waals surface area contributed by atoms with Gasteiger partial charge in [-0.05, 0) is 6.92 Å². The van der Waals surface area contributed by atoms with Gasteiger partial charge in [-0.3, -0.25) is 0 Å². The van der Waals surface area contributed by atoms with Gasteiger partial charge in [0, 0.05) is 0 Å². The molecule has 1 saturated heterocycles. The molecule has 1 atom stereocenters. The van der Waals surface area contributed by atoms with Crippen molar-refractivity contribution >= 4 is 0 Å². The van der Waals surface area contributed by atoms with Crippen molar-refractivity contribution in [3.8, 4) is 0 Å². The predicted molar refractivity (Wildman–Crippen MR) is 27.5 cm³/mol. The molecule has 1 aromatic heterocycles. The zero-order valence-electron chi connectivity index (χ0n) is 4.96. The lowest BCUT2D eigenvalue weighted by Gasteiger charge is -1.91. The highest BCUT2D eigenvalue weighted by Gasteiger charge is 2.45. The fourth-order valence-corrected chi connectivity index (χ4v) is 0.623. The van der Waals surface area contributed by atoms with Crippen molar-refractivity contribution in [1.29, 1.82) is 0 Å². The van der Waals surface area contributed by atoms with Gasteiger partial charge in [-0.1, -0.05) is 5.21 Å². The average Bonchev–Trinajstić information content (AvgIpc) is 2.46. The zero-order chi connectivity index (χ0) is 6.32. The van der Waals surface area contributed by atoms with Crippen molar-refractivity contribution in [3.63, 3.8) is 0 Å². The van der Waals surface area contributed by atoms with E-state index in [1.165, 1.54) is 0 Å². The van der Waals surface area contributed by atoms with Crippen molar-refractivity contribution in [2.45, 2.75) is 12.5 Å². The molecule has 1 aromatic rings. The van der Waals surface area contributed by atoms with E-state index < -0.39 is 0 Å². The fraction of sp³-hybridized carbons (Fsp3) is 0.750. The number of rotatable bonds is 1. The van der Waals surface area contributed by atoms with Crippen LogP contribution in [0, 0.1) is 0 Å². The lowest BCUT2D eigenvalue weighted by atomic mass is 10.2. The Hall–Kier alpha value is -0.970. The van der Waals surface area contributed by atoms with Gasteiger partial charge in [0.05, 0.1) is 6.61 Å². The molecular formula is C4H6N4O. The van der Waals surface area contributed by atoms with Gasteiger partial charge in [-0.25, -0.2) is 0 Å². The molecule has 0 aliphatic carbocycles. The summed E-state index contributed by atoms with van der Waals surface area (Å²) in [5, 5.41) is 13.3. The van der Waals surface area contributed by atoms with Crippen molar-refractivity contribution < 1.29 is 4.74 Å². The first-order chi connectivity index (χ1) is 4.31. The number of hydrogen-bond acceptors (Lipinski definition) is 4. The van der Waals surface area contributed by atoms with Crippen LogP contribution < -0.4 is 0 Å². The Morgan fingerprint density at radius 2 is 2.56 bits per heavy atom. The second-order valence-electron chi connectivity index (χ2n) is 2.25. The predicted octanol–water partition coefficient (Wildman–Crippen LogP) is -0.555. The van der Waals surface area contributed by atoms with Gasteiger partial charge in [0.25, 0.3) is 0 Å². The van der Waals surface area contributed by atoms with Gasteiger partial charge in [-0.15, -0.1) is 10.2 Å². The third-order valence-electron chi connectivity index (χ3n) is 1.40. The molecule has 1 aliphatic rings. The van der Waals surface area contributed by atoms with E-state index in [-0.39, 0.29) is 5.60 Å². The molecule has 1 fully saturated rings. The maximum Gasteiger partial charge on any atom is 0.208 e. The molecule has 5 nitrogen and oxygen atoms in total. The van der Waals surface area contributed by atoms with Gasteiger partial charge in [0.15, 0.2) is 5.60 Å². The highest BCUT2D eigenvalue weighted by molar-refractivity contribution is 5.03. The van der Waals surface area contributed by atoms with Crippen LogP contribution in [0.2, 0.25) is 0 Å². The lowest BCUT2D eigenvalue weighted by Crippen LogP contribution is -2.04. The topological polar surface area (TPSA) is 67.0 Å². The summed E-state index contributed by atoms with van der Waals surface area (Å²) in [6.07, 6.45) is 0. The number of ether oxygens (including phenoxy) is 1. The third-order valence-corrected chi connectivity index (χ3v) is 1.40. The van der Waals surface area contributed by atoms with Crippen LogP contribution in [-0.4, -0.2) is 27.2 Å². The molecule has 1 aliphatic heterocycles. The highest BCUT2D eigenvalue weighted by atomic mass is 16.6. The molecule has 5 heteroatoms. The van der Waals surface area contributed by atoms with E-state index in [1.807, 2.05) is 6.92 Å². The molecule has 2 heterocycles. The summed E-state index contributed by atoms with van der Waals surface area (Å²) in [5.41, 5.74) is -0.243. The number of hydrogen-bond donors (Lipinski definition) is 1. The number of nitrogens with one attached hydrogen (secondary N) is 1. The standard InChI is InChI=1S/C4H6N4O/c1-4(2-9-4)3-5-7-8-6-3/h2H2,1H3,(H,5,6,7,8). The Bertz CT molecular complexity index is 202. The molecular weight excluding hydrogens is 120 g/mol. The normalized spacial score (nSPS) is 32.6. The maximum atomic E-state index is 5.06. The Morgan fingerprint density at radius 1 is 1.78 bits per heavy atom. The van der Waals surface area contributed by atoms with E-state index in [9.17, 15) is 0 Å². The first-order valence-electron chi connectivity index (χ1n) is 2.69. The lowest BCUT2D eigenvalue weighted by molar-refractivity contribution is 0.317. The maximum absolute atomic E-state index is 5.06. The van der Waals surface area contributed by atoms with Crippen LogP contribution in [0.25, 0.3) is 0 Å².